The summed E-state index contributed by atoms with van der Waals surface area (Å²) in [4.78, 5) is 28.6. The van der Waals surface area contributed by atoms with Gasteiger partial charge in [-0.1, -0.05) is 25.1 Å². The maximum absolute atomic E-state index is 13.7. The monoisotopic (exact) mass is 599 g/mol. The minimum Gasteiger partial charge on any atom is -0.493 e. The standard InChI is InChI=1S/C32H33N5O7/c1-32(2)13-20(38)28-25(14-32)44-31-29(27(28)19-8-10-22(40-4)24(12-19)42-6)30-35-26(36-37(30)17-33-31)16-43-34-15-18-7-9-21(39-3)23(11-18)41-5/h7-12,15,17,27H,13-14,16H2,1-6H3. The Morgan fingerprint density at radius 2 is 1.68 bits per heavy atom. The van der Waals surface area contributed by atoms with Crippen LogP contribution in [-0.2, 0) is 16.2 Å². The van der Waals surface area contributed by atoms with Gasteiger partial charge in [-0.05, 0) is 41.3 Å². The lowest BCUT2D eigenvalue weighted by molar-refractivity contribution is -0.118. The fourth-order valence-electron chi connectivity index (χ4n) is 5.74. The van der Waals surface area contributed by atoms with Gasteiger partial charge < -0.3 is 28.5 Å². The maximum atomic E-state index is 13.7. The Bertz CT molecular complexity index is 1810. The summed E-state index contributed by atoms with van der Waals surface area (Å²) in [7, 11) is 6.31. The van der Waals surface area contributed by atoms with Crippen LogP contribution >= 0.6 is 0 Å². The van der Waals surface area contributed by atoms with Gasteiger partial charge >= 0.3 is 0 Å². The number of ketones is 1. The van der Waals surface area contributed by atoms with E-state index < -0.39 is 5.92 Å². The number of rotatable bonds is 9. The van der Waals surface area contributed by atoms with E-state index in [1.165, 1.54) is 0 Å². The van der Waals surface area contributed by atoms with E-state index in [9.17, 15) is 4.79 Å². The van der Waals surface area contributed by atoms with Gasteiger partial charge in [0.1, 0.15) is 12.1 Å². The van der Waals surface area contributed by atoms with E-state index in [1.54, 1.807) is 57.6 Å². The number of benzene rings is 2. The molecule has 4 aromatic rings. The number of carbonyl (C=O) groups excluding carboxylic acids is 1. The van der Waals surface area contributed by atoms with Crippen LogP contribution in [0.3, 0.4) is 0 Å². The van der Waals surface area contributed by atoms with Crippen LogP contribution in [0.5, 0.6) is 28.9 Å². The predicted molar refractivity (Wildman–Crippen MR) is 160 cm³/mol. The highest BCUT2D eigenvalue weighted by Gasteiger charge is 2.44. The van der Waals surface area contributed by atoms with E-state index >= 15 is 0 Å². The first-order chi connectivity index (χ1) is 21.2. The molecule has 2 aromatic heterocycles. The smallest absolute Gasteiger partial charge is 0.228 e. The summed E-state index contributed by atoms with van der Waals surface area (Å²) < 4.78 is 29.6. The number of methoxy groups -OCH3 is 4. The second-order valence-corrected chi connectivity index (χ2v) is 11.3. The zero-order valence-corrected chi connectivity index (χ0v) is 25.4. The molecule has 12 nitrogen and oxygen atoms in total. The molecular weight excluding hydrogens is 566 g/mol. The Balaban J connectivity index is 1.36. The van der Waals surface area contributed by atoms with Gasteiger partial charge in [-0.2, -0.15) is 0 Å². The van der Waals surface area contributed by atoms with Crippen LogP contribution in [0.1, 0.15) is 55.1 Å². The second kappa shape index (κ2) is 11.5. The number of aromatic nitrogens is 4. The molecule has 0 fully saturated rings. The van der Waals surface area contributed by atoms with E-state index in [-0.39, 0.29) is 17.8 Å². The van der Waals surface area contributed by atoms with Gasteiger partial charge in [-0.15, -0.1) is 5.10 Å². The number of hydrogen-bond donors (Lipinski definition) is 0. The van der Waals surface area contributed by atoms with Crippen molar-refractivity contribution in [2.75, 3.05) is 28.4 Å². The molecule has 1 aliphatic carbocycles. The van der Waals surface area contributed by atoms with Gasteiger partial charge in [-0.25, -0.2) is 14.5 Å². The molecule has 44 heavy (non-hydrogen) atoms. The molecule has 0 N–H and O–H groups in total. The van der Waals surface area contributed by atoms with Crippen molar-refractivity contribution in [3.8, 4) is 28.9 Å². The largest absolute Gasteiger partial charge is 0.493 e. The van der Waals surface area contributed by atoms with E-state index in [4.69, 9.17) is 33.5 Å². The highest BCUT2D eigenvalue weighted by molar-refractivity contribution is 6.00. The molecule has 12 heteroatoms. The second-order valence-electron chi connectivity index (χ2n) is 11.3. The summed E-state index contributed by atoms with van der Waals surface area (Å²) in [5.41, 5.74) is 3.09. The van der Waals surface area contributed by atoms with Gasteiger partial charge in [0.05, 0.1) is 46.1 Å². The van der Waals surface area contributed by atoms with Gasteiger partial charge in [-0.3, -0.25) is 4.79 Å². The molecule has 2 aliphatic rings. The molecule has 0 saturated carbocycles. The number of nitrogens with zero attached hydrogens (tertiary/aromatic N) is 5. The maximum Gasteiger partial charge on any atom is 0.228 e. The summed E-state index contributed by atoms with van der Waals surface area (Å²) in [5.74, 6) is 3.24. The van der Waals surface area contributed by atoms with Crippen molar-refractivity contribution in [2.45, 2.75) is 39.2 Å². The minimum absolute atomic E-state index is 0.00317. The Morgan fingerprint density at radius 1 is 0.977 bits per heavy atom. The van der Waals surface area contributed by atoms with Gasteiger partial charge in [0, 0.05) is 24.0 Å². The van der Waals surface area contributed by atoms with Crippen LogP contribution in [0, 0.1) is 5.41 Å². The highest BCUT2D eigenvalue weighted by atomic mass is 16.6. The Kier molecular flexibility index (Phi) is 7.58. The lowest BCUT2D eigenvalue weighted by Gasteiger charge is -2.37. The molecule has 1 atom stereocenters. The normalized spacial score (nSPS) is 17.2. The fourth-order valence-corrected chi connectivity index (χ4v) is 5.74. The first kappa shape index (κ1) is 29.0. The van der Waals surface area contributed by atoms with Crippen molar-refractivity contribution in [1.82, 2.24) is 19.6 Å². The van der Waals surface area contributed by atoms with Crippen molar-refractivity contribution >= 4 is 17.6 Å². The molecule has 6 rings (SSSR count). The molecule has 228 valence electrons. The molecule has 1 aliphatic heterocycles. The minimum atomic E-state index is -0.505. The van der Waals surface area contributed by atoms with Gasteiger partial charge in [0.15, 0.2) is 46.9 Å². The summed E-state index contributed by atoms with van der Waals surface area (Å²) in [6.07, 6.45) is 4.11. The van der Waals surface area contributed by atoms with E-state index in [0.717, 1.165) is 11.1 Å². The molecule has 0 amide bonds. The number of fused-ring (bicyclic) bond motifs is 3. The lowest BCUT2D eigenvalue weighted by Crippen LogP contribution is -2.33. The zero-order chi connectivity index (χ0) is 31.0. The van der Waals surface area contributed by atoms with Crippen LogP contribution in [0.2, 0.25) is 0 Å². The SMILES string of the molecule is COc1ccc(C=NOCc2nc3c4c(ncn3n2)OC2=C(C(=O)CC(C)(C)C2)C4c2ccc(OC)c(OC)c2)cc1OC. The summed E-state index contributed by atoms with van der Waals surface area (Å²) in [6.45, 7) is 4.13. The van der Waals surface area contributed by atoms with E-state index in [2.05, 4.69) is 29.1 Å². The third kappa shape index (κ3) is 5.27. The van der Waals surface area contributed by atoms with Crippen molar-refractivity contribution in [1.29, 1.82) is 0 Å². The summed E-state index contributed by atoms with van der Waals surface area (Å²) in [5, 5.41) is 8.63. The Morgan fingerprint density at radius 3 is 2.41 bits per heavy atom. The van der Waals surface area contributed by atoms with Gasteiger partial charge in [0.25, 0.3) is 0 Å². The number of allylic oxidation sites excluding steroid dienone is 2. The Hall–Kier alpha value is -5.13. The first-order valence-corrected chi connectivity index (χ1v) is 14.0. The number of Topliss-reactive ketones (excluding diaryl/α,β-unsaturated/α-hetero) is 1. The zero-order valence-electron chi connectivity index (χ0n) is 25.4. The van der Waals surface area contributed by atoms with Crippen molar-refractivity contribution in [3.63, 3.8) is 0 Å². The van der Waals surface area contributed by atoms with E-state index in [1.807, 2.05) is 24.3 Å². The third-order valence-corrected chi connectivity index (χ3v) is 7.73. The summed E-state index contributed by atoms with van der Waals surface area (Å²) in [6, 6.07) is 11.0. The predicted octanol–water partition coefficient (Wildman–Crippen LogP) is 4.88. The van der Waals surface area contributed by atoms with Crippen LogP contribution in [-0.4, -0.2) is 60.0 Å². The first-order valence-electron chi connectivity index (χ1n) is 14.0. The van der Waals surface area contributed by atoms with Crippen molar-refractivity contribution in [2.24, 2.45) is 10.6 Å². The van der Waals surface area contributed by atoms with Crippen molar-refractivity contribution < 1.29 is 33.3 Å². The molecule has 0 bridgehead atoms. The third-order valence-electron chi connectivity index (χ3n) is 7.73. The number of oxime groups is 1. The average Bonchev–Trinajstić information content (AvgIpc) is 3.44. The van der Waals surface area contributed by atoms with Crippen molar-refractivity contribution in [3.05, 3.63) is 76.6 Å². The van der Waals surface area contributed by atoms with Crippen LogP contribution in [0.4, 0.5) is 0 Å². The van der Waals surface area contributed by atoms with Crippen LogP contribution in [0.15, 0.2) is 59.2 Å². The molecule has 0 saturated heterocycles. The summed E-state index contributed by atoms with van der Waals surface area (Å²) >= 11 is 0. The van der Waals surface area contributed by atoms with Crippen LogP contribution in [0.25, 0.3) is 5.65 Å². The molecular formula is C32H33N5O7. The lowest BCUT2D eigenvalue weighted by atomic mass is 9.70. The van der Waals surface area contributed by atoms with Crippen LogP contribution < -0.4 is 23.7 Å². The molecule has 0 radical (unpaired) electrons. The molecule has 3 heterocycles. The molecule has 0 spiro atoms. The molecule has 1 unspecified atom stereocenters. The average molecular weight is 600 g/mol. The Labute approximate surface area is 254 Å². The number of ether oxygens (including phenoxy) is 5. The van der Waals surface area contributed by atoms with Gasteiger partial charge in [0.2, 0.25) is 5.88 Å². The fraction of sp³-hybridized carbons (Fsp3) is 0.344. The topological polar surface area (TPSA) is 128 Å². The highest BCUT2D eigenvalue weighted by Crippen LogP contribution is 2.51. The molecule has 2 aromatic carbocycles. The number of hydrogen-bond acceptors (Lipinski definition) is 11. The quantitative estimate of drug-likeness (QED) is 0.194. The van der Waals surface area contributed by atoms with E-state index in [0.29, 0.717) is 70.1 Å². The number of carbonyl (C=O) groups is 1.